The first-order valence-electron chi connectivity index (χ1n) is 15.2. The van der Waals surface area contributed by atoms with Crippen LogP contribution in [-0.2, 0) is 19.3 Å². The van der Waals surface area contributed by atoms with Crippen LogP contribution in [0.1, 0.15) is 96.3 Å². The predicted octanol–water partition coefficient (Wildman–Crippen LogP) is 8.39. The zero-order chi connectivity index (χ0) is 27.0. The van der Waals surface area contributed by atoms with E-state index in [0.29, 0.717) is 0 Å². The van der Waals surface area contributed by atoms with Crippen LogP contribution in [0.4, 0.5) is 0 Å². The van der Waals surface area contributed by atoms with Gasteiger partial charge >= 0.3 is 0 Å². The molecular weight excluding hydrogens is 472 g/mol. The van der Waals surface area contributed by atoms with E-state index in [1.807, 2.05) is 0 Å². The van der Waals surface area contributed by atoms with E-state index < -0.39 is 8.07 Å². The van der Waals surface area contributed by atoms with Gasteiger partial charge in [0.05, 0.1) is 0 Å². The Balaban J connectivity index is 1.92. The molecule has 1 heteroatoms. The summed E-state index contributed by atoms with van der Waals surface area (Å²) in [4.78, 5) is 0. The molecule has 0 N–H and O–H groups in total. The van der Waals surface area contributed by atoms with Gasteiger partial charge in [0.15, 0.2) is 8.07 Å². The van der Waals surface area contributed by atoms with Crippen molar-refractivity contribution in [3.05, 3.63) is 112 Å². The highest BCUT2D eigenvalue weighted by atomic mass is 28.3. The molecule has 0 nitrogen and oxygen atoms in total. The Morgan fingerprint density at radius 2 is 0.868 bits per heavy atom. The first kappa shape index (κ1) is 28.4. The standard InChI is InChI=1S/C37H48Si/c1-6-9-12-31-15-21-34(22-16-31)38(37-28-29(4)27-30(37)5,35-23-17-32(18-24-35)13-10-7-2)36-25-19-33(20-26-36)14-11-8-3/h15-27H,6-14,28H2,1-5H3. The normalized spacial score (nSPS) is 13.8. The number of benzene rings is 3. The first-order valence-corrected chi connectivity index (χ1v) is 17.2. The molecule has 3 aromatic carbocycles. The molecule has 200 valence electrons. The number of unbranched alkanes of at least 4 members (excludes halogenated alkanes) is 3. The van der Waals surface area contributed by atoms with E-state index in [9.17, 15) is 0 Å². The molecule has 0 saturated heterocycles. The molecule has 1 aliphatic carbocycles. The van der Waals surface area contributed by atoms with Crippen LogP contribution in [0.25, 0.3) is 0 Å². The fourth-order valence-corrected chi connectivity index (χ4v) is 11.5. The summed E-state index contributed by atoms with van der Waals surface area (Å²) >= 11 is 0. The topological polar surface area (TPSA) is 0 Å². The Labute approximate surface area is 233 Å². The average Bonchev–Trinajstić information content (AvgIpc) is 3.29. The van der Waals surface area contributed by atoms with Crippen molar-refractivity contribution in [2.45, 2.75) is 98.8 Å². The molecule has 0 heterocycles. The van der Waals surface area contributed by atoms with Crippen LogP contribution in [0, 0.1) is 0 Å². The van der Waals surface area contributed by atoms with Crippen LogP contribution in [-0.4, -0.2) is 8.07 Å². The molecule has 0 aromatic heterocycles. The molecule has 4 rings (SSSR count). The van der Waals surface area contributed by atoms with Crippen molar-refractivity contribution >= 4 is 23.6 Å². The summed E-state index contributed by atoms with van der Waals surface area (Å²) in [6.07, 6.45) is 14.5. The molecule has 0 radical (unpaired) electrons. The van der Waals surface area contributed by atoms with Crippen molar-refractivity contribution in [3.8, 4) is 0 Å². The monoisotopic (exact) mass is 520 g/mol. The van der Waals surface area contributed by atoms with E-state index in [4.69, 9.17) is 0 Å². The van der Waals surface area contributed by atoms with Crippen LogP contribution < -0.4 is 15.6 Å². The summed E-state index contributed by atoms with van der Waals surface area (Å²) in [6, 6.07) is 29.4. The van der Waals surface area contributed by atoms with Crippen molar-refractivity contribution in [3.63, 3.8) is 0 Å². The lowest BCUT2D eigenvalue weighted by Gasteiger charge is -2.37. The first-order chi connectivity index (χ1) is 18.5. The van der Waals surface area contributed by atoms with Crippen molar-refractivity contribution in [2.24, 2.45) is 0 Å². The van der Waals surface area contributed by atoms with Crippen LogP contribution >= 0.6 is 0 Å². The third kappa shape index (κ3) is 6.15. The van der Waals surface area contributed by atoms with Crippen LogP contribution in [0.15, 0.2) is 95.2 Å². The molecule has 1 aliphatic rings. The van der Waals surface area contributed by atoms with Crippen molar-refractivity contribution < 1.29 is 0 Å². The minimum Gasteiger partial charge on any atom is -0.0694 e. The van der Waals surface area contributed by atoms with Gasteiger partial charge in [-0.15, -0.1) is 0 Å². The van der Waals surface area contributed by atoms with Gasteiger partial charge in [0.2, 0.25) is 0 Å². The maximum absolute atomic E-state index is 2.49. The minimum atomic E-state index is -2.43. The zero-order valence-electron chi connectivity index (χ0n) is 24.6. The molecule has 0 unspecified atom stereocenters. The van der Waals surface area contributed by atoms with Gasteiger partial charge in [0.1, 0.15) is 0 Å². The van der Waals surface area contributed by atoms with Crippen LogP contribution in [0.3, 0.4) is 0 Å². The second kappa shape index (κ2) is 13.4. The Kier molecular flexibility index (Phi) is 10.0. The fraction of sp³-hybridized carbons (Fsp3) is 0.405. The molecule has 0 aliphatic heterocycles. The predicted molar refractivity (Wildman–Crippen MR) is 171 cm³/mol. The van der Waals surface area contributed by atoms with E-state index in [2.05, 4.69) is 113 Å². The highest BCUT2D eigenvalue weighted by Crippen LogP contribution is 2.32. The minimum absolute atomic E-state index is 1.09. The van der Waals surface area contributed by atoms with Gasteiger partial charge in [-0.05, 0) is 91.0 Å². The molecular formula is C37H48Si. The van der Waals surface area contributed by atoms with Crippen molar-refractivity contribution in [2.75, 3.05) is 0 Å². The van der Waals surface area contributed by atoms with Crippen LogP contribution in [0.2, 0.25) is 0 Å². The van der Waals surface area contributed by atoms with Crippen molar-refractivity contribution in [1.29, 1.82) is 0 Å². The summed E-state index contributed by atoms with van der Waals surface area (Å²) in [5, 5.41) is 6.24. The van der Waals surface area contributed by atoms with E-state index in [1.165, 1.54) is 101 Å². The third-order valence-corrected chi connectivity index (χ3v) is 13.5. The molecule has 0 atom stereocenters. The lowest BCUT2D eigenvalue weighted by atomic mass is 10.1. The Morgan fingerprint density at radius 3 is 1.13 bits per heavy atom. The quantitative estimate of drug-likeness (QED) is 0.157. The Hall–Kier alpha value is -2.64. The van der Waals surface area contributed by atoms with E-state index in [1.54, 1.807) is 5.20 Å². The molecule has 0 spiro atoms. The number of hydrogen-bond donors (Lipinski definition) is 0. The van der Waals surface area contributed by atoms with E-state index in [0.717, 1.165) is 6.42 Å². The number of rotatable bonds is 13. The molecule has 0 amide bonds. The summed E-state index contributed by atoms with van der Waals surface area (Å²) in [5.74, 6) is 0. The third-order valence-electron chi connectivity index (χ3n) is 8.47. The second-order valence-corrected chi connectivity index (χ2v) is 15.3. The highest BCUT2D eigenvalue weighted by Gasteiger charge is 2.44. The van der Waals surface area contributed by atoms with Gasteiger partial charge in [-0.2, -0.15) is 0 Å². The Morgan fingerprint density at radius 1 is 0.526 bits per heavy atom. The lowest BCUT2D eigenvalue weighted by molar-refractivity contribution is 0.795. The fourth-order valence-electron chi connectivity index (χ4n) is 6.28. The van der Waals surface area contributed by atoms with Gasteiger partial charge in [-0.25, -0.2) is 0 Å². The average molecular weight is 521 g/mol. The Bertz CT molecular complexity index is 1100. The van der Waals surface area contributed by atoms with Crippen LogP contribution in [0.5, 0.6) is 0 Å². The summed E-state index contributed by atoms with van der Waals surface area (Å²) in [6.45, 7) is 11.5. The maximum atomic E-state index is 2.49. The number of allylic oxidation sites excluding steroid dienone is 4. The maximum Gasteiger partial charge on any atom is 0.176 e. The summed E-state index contributed by atoms with van der Waals surface area (Å²) < 4.78 is 0. The van der Waals surface area contributed by atoms with Crippen molar-refractivity contribution in [1.82, 2.24) is 0 Å². The largest absolute Gasteiger partial charge is 0.176 e. The molecule has 0 bridgehead atoms. The molecule has 0 fully saturated rings. The summed E-state index contributed by atoms with van der Waals surface area (Å²) in [5.41, 5.74) is 7.38. The van der Waals surface area contributed by atoms with Gasteiger partial charge in [-0.1, -0.05) is 135 Å². The van der Waals surface area contributed by atoms with Gasteiger partial charge in [0.25, 0.3) is 0 Å². The van der Waals surface area contributed by atoms with E-state index in [-0.39, 0.29) is 0 Å². The lowest BCUT2D eigenvalue weighted by Crippen LogP contribution is -2.68. The smallest absolute Gasteiger partial charge is 0.0694 e. The second-order valence-electron chi connectivity index (χ2n) is 11.5. The van der Waals surface area contributed by atoms with Gasteiger partial charge in [0, 0.05) is 0 Å². The number of hydrogen-bond acceptors (Lipinski definition) is 0. The molecule has 38 heavy (non-hydrogen) atoms. The van der Waals surface area contributed by atoms with E-state index >= 15 is 0 Å². The van der Waals surface area contributed by atoms with Gasteiger partial charge in [-0.3, -0.25) is 0 Å². The SMILES string of the molecule is CCCCc1ccc([Si](C2=C(C)C=C(C)C2)(c2ccc(CCCC)cc2)c2ccc(CCCC)cc2)cc1. The highest BCUT2D eigenvalue weighted by molar-refractivity contribution is 7.16. The molecule has 0 saturated carbocycles. The zero-order valence-corrected chi connectivity index (χ0v) is 25.6. The summed E-state index contributed by atoms with van der Waals surface area (Å²) in [7, 11) is -2.43. The number of aryl methyl sites for hydroxylation is 3. The molecule has 3 aromatic rings. The van der Waals surface area contributed by atoms with Gasteiger partial charge < -0.3 is 0 Å².